The summed E-state index contributed by atoms with van der Waals surface area (Å²) in [6.07, 6.45) is 0.601. The summed E-state index contributed by atoms with van der Waals surface area (Å²) in [5.41, 5.74) is 0.604. The van der Waals surface area contributed by atoms with Gasteiger partial charge in [-0.3, -0.25) is 4.79 Å². The van der Waals surface area contributed by atoms with Gasteiger partial charge in [-0.15, -0.1) is 0 Å². The third-order valence-corrected chi connectivity index (χ3v) is 4.98. The lowest BCUT2D eigenvalue weighted by atomic mass is 9.91. The predicted octanol–water partition coefficient (Wildman–Crippen LogP) is 2.98. The summed E-state index contributed by atoms with van der Waals surface area (Å²) in [6, 6.07) is 7.05. The minimum atomic E-state index is -0.848. The van der Waals surface area contributed by atoms with E-state index in [4.69, 9.17) is 4.74 Å². The van der Waals surface area contributed by atoms with Gasteiger partial charge in [0.25, 0.3) is 0 Å². The number of aliphatic carboxylic acids is 1. The average molecular weight is 377 g/mol. The van der Waals surface area contributed by atoms with Gasteiger partial charge >= 0.3 is 12.0 Å². The van der Waals surface area contributed by atoms with Crippen LogP contribution in [0, 0.1) is 11.8 Å². The van der Waals surface area contributed by atoms with E-state index in [0.29, 0.717) is 31.0 Å². The average Bonchev–Trinajstić information content (AvgIpc) is 2.66. The Hall–Kier alpha value is -2.28. The first-order valence-corrected chi connectivity index (χ1v) is 9.67. The van der Waals surface area contributed by atoms with E-state index in [0.717, 1.165) is 19.6 Å². The van der Waals surface area contributed by atoms with Crippen LogP contribution in [-0.2, 0) is 4.79 Å². The highest BCUT2D eigenvalue weighted by atomic mass is 16.5. The van der Waals surface area contributed by atoms with Gasteiger partial charge in [0.05, 0.1) is 11.6 Å². The van der Waals surface area contributed by atoms with Gasteiger partial charge in [-0.2, -0.15) is 0 Å². The van der Waals surface area contributed by atoms with Crippen molar-refractivity contribution in [1.82, 2.24) is 9.80 Å². The number of ether oxygens (including phenoxy) is 1. The van der Waals surface area contributed by atoms with Crippen molar-refractivity contribution in [1.29, 1.82) is 0 Å². The fourth-order valence-electron chi connectivity index (χ4n) is 3.41. The van der Waals surface area contributed by atoms with Gasteiger partial charge in [-0.05, 0) is 37.6 Å². The van der Waals surface area contributed by atoms with E-state index >= 15 is 0 Å². The van der Waals surface area contributed by atoms with Crippen LogP contribution in [0.5, 0.6) is 5.75 Å². The molecule has 1 fully saturated rings. The molecule has 2 amide bonds. The molecule has 1 aliphatic rings. The molecule has 7 heteroatoms. The van der Waals surface area contributed by atoms with Crippen molar-refractivity contribution in [3.05, 3.63) is 24.3 Å². The zero-order valence-corrected chi connectivity index (χ0v) is 16.5. The van der Waals surface area contributed by atoms with Crippen LogP contribution in [-0.4, -0.2) is 66.2 Å². The van der Waals surface area contributed by atoms with Crippen molar-refractivity contribution in [2.75, 3.05) is 44.6 Å². The fraction of sp³-hybridized carbons (Fsp3) is 0.600. The van der Waals surface area contributed by atoms with Crippen molar-refractivity contribution in [2.45, 2.75) is 27.2 Å². The van der Waals surface area contributed by atoms with Gasteiger partial charge in [0.1, 0.15) is 12.4 Å². The fourth-order valence-corrected chi connectivity index (χ4v) is 3.41. The van der Waals surface area contributed by atoms with E-state index in [1.165, 1.54) is 0 Å². The molecular formula is C20H31N3O4. The number of carboxylic acid groups (broad SMARTS) is 1. The number of hydrogen-bond acceptors (Lipinski definition) is 4. The first-order valence-electron chi connectivity index (χ1n) is 9.67. The van der Waals surface area contributed by atoms with Gasteiger partial charge in [0.2, 0.25) is 0 Å². The normalized spacial score (nSPS) is 19.8. The van der Waals surface area contributed by atoms with Gasteiger partial charge in [0, 0.05) is 19.6 Å². The van der Waals surface area contributed by atoms with Crippen LogP contribution in [0.2, 0.25) is 0 Å². The van der Waals surface area contributed by atoms with Crippen molar-refractivity contribution in [2.24, 2.45) is 11.8 Å². The highest BCUT2D eigenvalue weighted by Gasteiger charge is 2.32. The number of carbonyl (C=O) groups excluding carboxylic acids is 1. The highest BCUT2D eigenvalue weighted by molar-refractivity contribution is 5.91. The van der Waals surface area contributed by atoms with E-state index in [2.05, 4.69) is 24.1 Å². The van der Waals surface area contributed by atoms with Crippen LogP contribution in [0.25, 0.3) is 0 Å². The second kappa shape index (κ2) is 10.2. The zero-order valence-electron chi connectivity index (χ0n) is 16.5. The molecule has 1 aliphatic heterocycles. The minimum absolute atomic E-state index is 0.158. The Kier molecular flexibility index (Phi) is 7.91. The standard InChI is InChI=1S/C20H31N3O4/c1-4-22(5-2)10-11-27-18-9-7-6-8-17(18)21-20(26)23-13-15(3)12-16(14-23)19(24)25/h6-9,15-16H,4-5,10-14H2,1-3H3,(H,21,26)(H,24,25). The highest BCUT2D eigenvalue weighted by Crippen LogP contribution is 2.26. The topological polar surface area (TPSA) is 82.1 Å². The maximum absolute atomic E-state index is 12.7. The lowest BCUT2D eigenvalue weighted by Gasteiger charge is -2.34. The summed E-state index contributed by atoms with van der Waals surface area (Å²) in [7, 11) is 0. The number of carboxylic acids is 1. The second-order valence-electron chi connectivity index (χ2n) is 7.08. The predicted molar refractivity (Wildman–Crippen MR) is 105 cm³/mol. The number of carbonyl (C=O) groups is 2. The molecule has 2 rings (SSSR count). The zero-order chi connectivity index (χ0) is 19.8. The number of likely N-dealkylation sites (tertiary alicyclic amines) is 1. The Bertz CT molecular complexity index is 633. The van der Waals surface area contributed by atoms with Crippen LogP contribution in [0.3, 0.4) is 0 Å². The van der Waals surface area contributed by atoms with Gasteiger partial charge < -0.3 is 25.0 Å². The number of nitrogens with one attached hydrogen (secondary N) is 1. The number of urea groups is 1. The van der Waals surface area contributed by atoms with Crippen LogP contribution >= 0.6 is 0 Å². The smallest absolute Gasteiger partial charge is 0.321 e. The van der Waals surface area contributed by atoms with Crippen molar-refractivity contribution < 1.29 is 19.4 Å². The molecule has 0 bridgehead atoms. The van der Waals surface area contributed by atoms with E-state index in [1.807, 2.05) is 25.1 Å². The Balaban J connectivity index is 1.98. The van der Waals surface area contributed by atoms with E-state index < -0.39 is 11.9 Å². The van der Waals surface area contributed by atoms with Gasteiger partial charge in [-0.25, -0.2) is 4.79 Å². The Morgan fingerprint density at radius 1 is 1.26 bits per heavy atom. The molecule has 0 aliphatic carbocycles. The molecule has 0 spiro atoms. The number of hydrogen-bond donors (Lipinski definition) is 2. The summed E-state index contributed by atoms with van der Waals surface area (Å²) in [5.74, 6) is -0.580. The number of rotatable bonds is 8. The molecule has 0 radical (unpaired) electrons. The summed E-state index contributed by atoms with van der Waals surface area (Å²) in [4.78, 5) is 27.8. The first kappa shape index (κ1) is 21.0. The molecule has 27 heavy (non-hydrogen) atoms. The third-order valence-electron chi connectivity index (χ3n) is 4.98. The van der Waals surface area contributed by atoms with E-state index in [-0.39, 0.29) is 18.5 Å². The molecule has 0 saturated carbocycles. The Labute approximate surface area is 161 Å². The molecule has 1 heterocycles. The number of amides is 2. The monoisotopic (exact) mass is 377 g/mol. The van der Waals surface area contributed by atoms with Crippen molar-refractivity contribution >= 4 is 17.7 Å². The molecule has 1 aromatic carbocycles. The van der Waals surface area contributed by atoms with Crippen LogP contribution in [0.15, 0.2) is 24.3 Å². The quantitative estimate of drug-likeness (QED) is 0.728. The number of piperidine rings is 1. The number of anilines is 1. The number of para-hydroxylation sites is 2. The first-order chi connectivity index (χ1) is 12.9. The Morgan fingerprint density at radius 3 is 2.63 bits per heavy atom. The van der Waals surface area contributed by atoms with Gasteiger partial charge in [-0.1, -0.05) is 32.9 Å². The Morgan fingerprint density at radius 2 is 1.96 bits per heavy atom. The lowest BCUT2D eigenvalue weighted by molar-refractivity contribution is -0.143. The molecule has 0 aromatic heterocycles. The summed E-state index contributed by atoms with van der Waals surface area (Å²) >= 11 is 0. The van der Waals surface area contributed by atoms with Crippen LogP contribution in [0.1, 0.15) is 27.2 Å². The molecule has 2 N–H and O–H groups in total. The van der Waals surface area contributed by atoms with E-state index in [1.54, 1.807) is 11.0 Å². The molecule has 150 valence electrons. The van der Waals surface area contributed by atoms with Crippen molar-refractivity contribution in [3.63, 3.8) is 0 Å². The summed E-state index contributed by atoms with van der Waals surface area (Å²) < 4.78 is 5.87. The maximum Gasteiger partial charge on any atom is 0.321 e. The molecule has 2 atom stereocenters. The van der Waals surface area contributed by atoms with Crippen LogP contribution in [0.4, 0.5) is 10.5 Å². The molecule has 1 saturated heterocycles. The maximum atomic E-state index is 12.7. The third kappa shape index (κ3) is 6.13. The molecule has 7 nitrogen and oxygen atoms in total. The SMILES string of the molecule is CCN(CC)CCOc1ccccc1NC(=O)N1CC(C)CC(C(=O)O)C1. The van der Waals surface area contributed by atoms with E-state index in [9.17, 15) is 14.7 Å². The largest absolute Gasteiger partial charge is 0.490 e. The minimum Gasteiger partial charge on any atom is -0.490 e. The molecule has 2 unspecified atom stereocenters. The second-order valence-corrected chi connectivity index (χ2v) is 7.08. The van der Waals surface area contributed by atoms with Crippen molar-refractivity contribution in [3.8, 4) is 5.75 Å². The number of benzene rings is 1. The summed E-state index contributed by atoms with van der Waals surface area (Å²) in [5, 5.41) is 12.2. The number of nitrogens with zero attached hydrogens (tertiary/aromatic N) is 2. The lowest BCUT2D eigenvalue weighted by Crippen LogP contribution is -2.47. The summed E-state index contributed by atoms with van der Waals surface area (Å²) in [6.45, 7) is 10.3. The van der Waals surface area contributed by atoms with Gasteiger partial charge in [0.15, 0.2) is 0 Å². The number of likely N-dealkylation sites (N-methyl/N-ethyl adjacent to an activating group) is 1. The molecule has 1 aromatic rings. The van der Waals surface area contributed by atoms with Crippen LogP contribution < -0.4 is 10.1 Å². The molecular weight excluding hydrogens is 346 g/mol.